The first kappa shape index (κ1) is 20.2. The molecule has 1 unspecified atom stereocenters. The fourth-order valence-corrected chi connectivity index (χ4v) is 3.92. The lowest BCUT2D eigenvalue weighted by Gasteiger charge is -2.27. The van der Waals surface area contributed by atoms with Gasteiger partial charge in [-0.1, -0.05) is 29.8 Å². The van der Waals surface area contributed by atoms with Crippen molar-refractivity contribution >= 4 is 23.3 Å². The predicted octanol–water partition coefficient (Wildman–Crippen LogP) is 4.28. The second-order valence-corrected chi connectivity index (χ2v) is 7.45. The van der Waals surface area contributed by atoms with Crippen LogP contribution in [0.4, 0.5) is 5.82 Å². The standard InChI is InChI=1S/C23H23ClN4O2/c24-19-8-1-2-10-21(19)30-15-13-27-23(29)18-7-4-12-26-22(18)28-14-5-9-20(28)17-6-3-11-25-16-17/h1-4,6-8,10-12,16,20H,5,9,13-15H2,(H,27,29). The number of aromatic nitrogens is 2. The van der Waals surface area contributed by atoms with Crippen molar-refractivity contribution < 1.29 is 9.53 Å². The molecule has 154 valence electrons. The number of amides is 1. The first-order valence-electron chi connectivity index (χ1n) is 10.0. The van der Waals surface area contributed by atoms with Gasteiger partial charge in [-0.25, -0.2) is 4.98 Å². The van der Waals surface area contributed by atoms with Crippen molar-refractivity contribution in [2.75, 3.05) is 24.6 Å². The van der Waals surface area contributed by atoms with Crippen molar-refractivity contribution in [2.24, 2.45) is 0 Å². The van der Waals surface area contributed by atoms with Crippen molar-refractivity contribution in [2.45, 2.75) is 18.9 Å². The van der Waals surface area contributed by atoms with Crippen molar-refractivity contribution in [1.29, 1.82) is 0 Å². The molecule has 1 fully saturated rings. The number of anilines is 1. The maximum Gasteiger partial charge on any atom is 0.255 e. The number of ether oxygens (including phenoxy) is 1. The minimum atomic E-state index is -0.169. The molecular formula is C23H23ClN4O2. The Morgan fingerprint density at radius 1 is 1.17 bits per heavy atom. The fraction of sp³-hybridized carbons (Fsp3) is 0.261. The van der Waals surface area contributed by atoms with Crippen LogP contribution in [0.5, 0.6) is 5.75 Å². The van der Waals surface area contributed by atoms with Gasteiger partial charge in [0.05, 0.1) is 23.2 Å². The number of nitrogens with zero attached hydrogens (tertiary/aromatic N) is 3. The normalized spacial score (nSPS) is 15.8. The summed E-state index contributed by atoms with van der Waals surface area (Å²) in [5.41, 5.74) is 1.70. The van der Waals surface area contributed by atoms with Gasteiger partial charge in [-0.05, 0) is 48.7 Å². The van der Waals surface area contributed by atoms with Gasteiger partial charge in [-0.2, -0.15) is 0 Å². The zero-order valence-electron chi connectivity index (χ0n) is 16.5. The van der Waals surface area contributed by atoms with Crippen LogP contribution in [0.1, 0.15) is 34.8 Å². The number of nitrogens with one attached hydrogen (secondary N) is 1. The van der Waals surface area contributed by atoms with E-state index in [0.29, 0.717) is 35.3 Å². The monoisotopic (exact) mass is 422 g/mol. The van der Waals surface area contributed by atoms with Gasteiger partial charge < -0.3 is 15.0 Å². The molecule has 2 aromatic heterocycles. The molecule has 3 heterocycles. The highest BCUT2D eigenvalue weighted by Gasteiger charge is 2.30. The van der Waals surface area contributed by atoms with Gasteiger partial charge in [0.25, 0.3) is 5.91 Å². The van der Waals surface area contributed by atoms with E-state index >= 15 is 0 Å². The third-order valence-electron chi connectivity index (χ3n) is 5.11. The van der Waals surface area contributed by atoms with E-state index in [2.05, 4.69) is 26.3 Å². The Labute approximate surface area is 180 Å². The third kappa shape index (κ3) is 4.54. The van der Waals surface area contributed by atoms with Crippen LogP contribution in [0.3, 0.4) is 0 Å². The van der Waals surface area contributed by atoms with Crippen LogP contribution in [0.15, 0.2) is 67.1 Å². The molecule has 1 aliphatic heterocycles. The molecule has 4 rings (SSSR count). The Morgan fingerprint density at radius 3 is 2.87 bits per heavy atom. The quantitative estimate of drug-likeness (QED) is 0.575. The van der Waals surface area contributed by atoms with Gasteiger partial charge >= 0.3 is 0 Å². The molecule has 0 aliphatic carbocycles. The Bertz CT molecular complexity index is 999. The van der Waals surface area contributed by atoms with Crippen LogP contribution in [0.25, 0.3) is 0 Å². The van der Waals surface area contributed by atoms with E-state index in [1.54, 1.807) is 30.6 Å². The van der Waals surface area contributed by atoms with Crippen LogP contribution < -0.4 is 15.0 Å². The van der Waals surface area contributed by atoms with Crippen molar-refractivity contribution in [1.82, 2.24) is 15.3 Å². The van der Waals surface area contributed by atoms with Crippen LogP contribution in [0.2, 0.25) is 5.02 Å². The Kier molecular flexibility index (Phi) is 6.44. The molecule has 1 N–H and O–H groups in total. The molecule has 3 aromatic rings. The number of hydrogen-bond acceptors (Lipinski definition) is 5. The molecule has 1 saturated heterocycles. The number of pyridine rings is 2. The number of halogens is 1. The maximum atomic E-state index is 12.9. The number of rotatable bonds is 7. The molecule has 30 heavy (non-hydrogen) atoms. The lowest BCUT2D eigenvalue weighted by atomic mass is 10.1. The minimum absolute atomic E-state index is 0.169. The van der Waals surface area contributed by atoms with Gasteiger partial charge in [-0.3, -0.25) is 9.78 Å². The molecule has 0 radical (unpaired) electrons. The van der Waals surface area contributed by atoms with Gasteiger partial charge in [0.1, 0.15) is 18.2 Å². The smallest absolute Gasteiger partial charge is 0.255 e. The van der Waals surface area contributed by atoms with E-state index in [1.165, 1.54) is 0 Å². The van der Waals surface area contributed by atoms with Crippen LogP contribution in [-0.2, 0) is 0 Å². The molecule has 7 heteroatoms. The molecule has 0 saturated carbocycles. The second kappa shape index (κ2) is 9.59. The highest BCUT2D eigenvalue weighted by molar-refractivity contribution is 6.32. The zero-order chi connectivity index (χ0) is 20.8. The molecule has 1 amide bonds. The molecule has 1 atom stereocenters. The van der Waals surface area contributed by atoms with E-state index in [0.717, 1.165) is 24.9 Å². The highest BCUT2D eigenvalue weighted by atomic mass is 35.5. The van der Waals surface area contributed by atoms with E-state index < -0.39 is 0 Å². The fourth-order valence-electron chi connectivity index (χ4n) is 3.73. The Balaban J connectivity index is 1.42. The third-order valence-corrected chi connectivity index (χ3v) is 5.42. The minimum Gasteiger partial charge on any atom is -0.490 e. The van der Waals surface area contributed by atoms with Crippen molar-refractivity contribution in [3.63, 3.8) is 0 Å². The Hall–Kier alpha value is -3.12. The van der Waals surface area contributed by atoms with Gasteiger partial charge in [0.2, 0.25) is 0 Å². The number of carbonyl (C=O) groups is 1. The SMILES string of the molecule is O=C(NCCOc1ccccc1Cl)c1cccnc1N1CCCC1c1cccnc1. The summed E-state index contributed by atoms with van der Waals surface area (Å²) in [6.45, 7) is 1.55. The average Bonchev–Trinajstić information content (AvgIpc) is 3.28. The van der Waals surface area contributed by atoms with Crippen LogP contribution in [-0.4, -0.2) is 35.6 Å². The van der Waals surface area contributed by atoms with Crippen molar-refractivity contribution in [3.8, 4) is 5.75 Å². The molecule has 1 aliphatic rings. The van der Waals surface area contributed by atoms with Crippen LogP contribution in [0, 0.1) is 0 Å². The molecule has 1 aromatic carbocycles. The largest absolute Gasteiger partial charge is 0.490 e. The highest BCUT2D eigenvalue weighted by Crippen LogP contribution is 2.36. The Morgan fingerprint density at radius 2 is 2.03 bits per heavy atom. The lowest BCUT2D eigenvalue weighted by Crippen LogP contribution is -2.31. The maximum absolute atomic E-state index is 12.9. The summed E-state index contributed by atoms with van der Waals surface area (Å²) in [5.74, 6) is 1.14. The zero-order valence-corrected chi connectivity index (χ0v) is 17.3. The molecule has 0 bridgehead atoms. The summed E-state index contributed by atoms with van der Waals surface area (Å²) < 4.78 is 5.65. The predicted molar refractivity (Wildman–Crippen MR) is 117 cm³/mol. The van der Waals surface area contributed by atoms with Gasteiger partial charge in [0, 0.05) is 25.1 Å². The van der Waals surface area contributed by atoms with E-state index in [9.17, 15) is 4.79 Å². The first-order valence-corrected chi connectivity index (χ1v) is 10.4. The summed E-state index contributed by atoms with van der Waals surface area (Å²) in [4.78, 5) is 23.9. The van der Waals surface area contributed by atoms with E-state index in [1.807, 2.05) is 30.5 Å². The number of hydrogen-bond donors (Lipinski definition) is 1. The van der Waals surface area contributed by atoms with Gasteiger partial charge in [-0.15, -0.1) is 0 Å². The van der Waals surface area contributed by atoms with E-state index in [-0.39, 0.29) is 11.9 Å². The number of carbonyl (C=O) groups excluding carboxylic acids is 1. The molecule has 6 nitrogen and oxygen atoms in total. The summed E-state index contributed by atoms with van der Waals surface area (Å²) in [5, 5.41) is 3.47. The average molecular weight is 423 g/mol. The van der Waals surface area contributed by atoms with Crippen LogP contribution >= 0.6 is 11.6 Å². The summed E-state index contributed by atoms with van der Waals surface area (Å²) >= 11 is 6.09. The lowest BCUT2D eigenvalue weighted by molar-refractivity contribution is 0.0947. The summed E-state index contributed by atoms with van der Waals surface area (Å²) in [6.07, 6.45) is 7.44. The molecular weight excluding hydrogens is 400 g/mol. The van der Waals surface area contributed by atoms with Gasteiger partial charge in [0.15, 0.2) is 0 Å². The second-order valence-electron chi connectivity index (χ2n) is 7.05. The summed E-state index contributed by atoms with van der Waals surface area (Å²) in [7, 11) is 0. The summed E-state index contributed by atoms with van der Waals surface area (Å²) in [6, 6.07) is 15.1. The topological polar surface area (TPSA) is 67.3 Å². The van der Waals surface area contributed by atoms with E-state index in [4.69, 9.17) is 16.3 Å². The van der Waals surface area contributed by atoms with Crippen molar-refractivity contribution in [3.05, 3.63) is 83.3 Å². The number of para-hydroxylation sites is 1. The molecule has 0 spiro atoms. The number of benzene rings is 1. The first-order chi connectivity index (χ1) is 14.7.